The van der Waals surface area contributed by atoms with Crippen LogP contribution in [0.3, 0.4) is 0 Å². The van der Waals surface area contributed by atoms with Crippen LogP contribution in [0.2, 0.25) is 0 Å². The largest absolute Gasteiger partial charge is 2.00 e. The molecule has 0 N–H and O–H groups in total. The summed E-state index contributed by atoms with van der Waals surface area (Å²) in [6, 6.07) is 0.667. The van der Waals surface area contributed by atoms with Crippen LogP contribution in [-0.2, 0) is 0 Å². The molecule has 2 aliphatic carbocycles. The van der Waals surface area contributed by atoms with Gasteiger partial charge in [-0.2, -0.15) is 5.70 Å². The Bertz CT molecular complexity index is 237. The molecule has 0 aromatic rings. The van der Waals surface area contributed by atoms with Crippen molar-refractivity contribution in [2.24, 2.45) is 5.92 Å². The van der Waals surface area contributed by atoms with Gasteiger partial charge in [-0.15, -0.1) is 12.1 Å². The standard InChI is InChI=1S/C15H26N.BrH.Mg/c1-2-7-13-8-6-11-15(12-13)16-14-9-4-3-5-10-14;;/h12-14H,2-11H2,1H3;1H;/q-1;;+2/p-1. The maximum Gasteiger partial charge on any atom is 2.00 e. The van der Waals surface area contributed by atoms with Crippen molar-refractivity contribution in [3.63, 3.8) is 0 Å². The van der Waals surface area contributed by atoms with E-state index in [1.807, 2.05) is 0 Å². The van der Waals surface area contributed by atoms with Crippen LogP contribution in [0.5, 0.6) is 0 Å². The Morgan fingerprint density at radius 2 is 1.83 bits per heavy atom. The van der Waals surface area contributed by atoms with E-state index in [0.29, 0.717) is 6.04 Å². The van der Waals surface area contributed by atoms with Gasteiger partial charge < -0.3 is 22.3 Å². The van der Waals surface area contributed by atoms with Gasteiger partial charge in [0, 0.05) is 0 Å². The summed E-state index contributed by atoms with van der Waals surface area (Å²) in [6.07, 6.45) is 16.1. The van der Waals surface area contributed by atoms with E-state index in [-0.39, 0.29) is 40.0 Å². The van der Waals surface area contributed by atoms with Crippen LogP contribution in [0.1, 0.15) is 71.1 Å². The molecule has 0 aliphatic heterocycles. The third kappa shape index (κ3) is 6.29. The van der Waals surface area contributed by atoms with Gasteiger partial charge in [-0.1, -0.05) is 51.9 Å². The summed E-state index contributed by atoms with van der Waals surface area (Å²) in [6.45, 7) is 2.29. The van der Waals surface area contributed by atoms with Gasteiger partial charge >= 0.3 is 23.1 Å². The summed E-state index contributed by atoms with van der Waals surface area (Å²) in [7, 11) is 0. The molecule has 1 saturated carbocycles. The minimum absolute atomic E-state index is 0. The summed E-state index contributed by atoms with van der Waals surface area (Å²) in [5.74, 6) is 0.834. The molecule has 0 spiro atoms. The molecule has 1 unspecified atom stereocenters. The zero-order valence-corrected chi connectivity index (χ0v) is 14.8. The topological polar surface area (TPSA) is 14.1 Å². The van der Waals surface area contributed by atoms with Crippen molar-refractivity contribution in [1.29, 1.82) is 0 Å². The average Bonchev–Trinajstić information content (AvgIpc) is 2.31. The molecule has 0 amide bonds. The van der Waals surface area contributed by atoms with Crippen molar-refractivity contribution in [3.8, 4) is 0 Å². The molecule has 2 aliphatic rings. The van der Waals surface area contributed by atoms with Gasteiger partial charge in [0.05, 0.1) is 0 Å². The molecule has 0 aromatic heterocycles. The molecule has 0 radical (unpaired) electrons. The number of halogens is 1. The molecule has 3 heteroatoms. The van der Waals surface area contributed by atoms with E-state index >= 15 is 0 Å². The second-order valence-electron chi connectivity index (χ2n) is 5.52. The van der Waals surface area contributed by atoms with Crippen LogP contribution in [0.25, 0.3) is 5.32 Å². The number of nitrogens with zero attached hydrogens (tertiary/aromatic N) is 1. The number of hydrogen-bond donors (Lipinski definition) is 0. The van der Waals surface area contributed by atoms with E-state index in [4.69, 9.17) is 5.32 Å². The molecular formula is C15H26BrMgN. The SMILES string of the molecule is CCCC1C=C([N-]C2CCCCC2)CCC1.[Br-].[Mg+2]. The second kappa shape index (κ2) is 10.6. The molecule has 1 atom stereocenters. The monoisotopic (exact) mass is 323 g/mol. The van der Waals surface area contributed by atoms with Gasteiger partial charge in [0.25, 0.3) is 0 Å². The molecule has 18 heavy (non-hydrogen) atoms. The fraction of sp³-hybridized carbons (Fsp3) is 0.867. The summed E-state index contributed by atoms with van der Waals surface area (Å²) in [5.41, 5.74) is 1.44. The fourth-order valence-electron chi connectivity index (χ4n) is 3.13. The van der Waals surface area contributed by atoms with Crippen molar-refractivity contribution in [2.75, 3.05) is 0 Å². The zero-order valence-electron chi connectivity index (χ0n) is 11.8. The third-order valence-corrected chi connectivity index (χ3v) is 4.02. The van der Waals surface area contributed by atoms with Crippen LogP contribution in [0.4, 0.5) is 0 Å². The van der Waals surface area contributed by atoms with Crippen LogP contribution >= 0.6 is 0 Å². The van der Waals surface area contributed by atoms with E-state index in [1.165, 1.54) is 69.9 Å². The van der Waals surface area contributed by atoms with E-state index in [0.717, 1.165) is 5.92 Å². The number of allylic oxidation sites excluding steroid dienone is 2. The minimum atomic E-state index is 0. The average molecular weight is 325 g/mol. The summed E-state index contributed by atoms with van der Waals surface area (Å²) in [5, 5.41) is 4.99. The number of rotatable bonds is 4. The maximum absolute atomic E-state index is 4.99. The van der Waals surface area contributed by atoms with E-state index in [1.54, 1.807) is 0 Å². The van der Waals surface area contributed by atoms with Crippen molar-refractivity contribution >= 4 is 23.1 Å². The minimum Gasteiger partial charge on any atom is -1.00 e. The summed E-state index contributed by atoms with van der Waals surface area (Å²) >= 11 is 0. The van der Waals surface area contributed by atoms with Gasteiger partial charge in [-0.05, 0) is 25.2 Å². The van der Waals surface area contributed by atoms with Crippen LogP contribution < -0.4 is 17.0 Å². The van der Waals surface area contributed by atoms with Crippen LogP contribution in [0.15, 0.2) is 11.8 Å². The van der Waals surface area contributed by atoms with Gasteiger partial charge in [-0.3, -0.25) is 0 Å². The van der Waals surface area contributed by atoms with Gasteiger partial charge in [0.15, 0.2) is 0 Å². The van der Waals surface area contributed by atoms with E-state index < -0.39 is 0 Å². The zero-order chi connectivity index (χ0) is 11.2. The van der Waals surface area contributed by atoms with Crippen molar-refractivity contribution in [1.82, 2.24) is 0 Å². The fourth-order valence-corrected chi connectivity index (χ4v) is 3.13. The Morgan fingerprint density at radius 3 is 2.50 bits per heavy atom. The summed E-state index contributed by atoms with van der Waals surface area (Å²) < 4.78 is 0. The second-order valence-corrected chi connectivity index (χ2v) is 5.52. The Hall–Kier alpha value is 0.786. The third-order valence-electron chi connectivity index (χ3n) is 4.02. The first-order chi connectivity index (χ1) is 7.88. The Kier molecular flexibility index (Phi) is 11.0. The predicted molar refractivity (Wildman–Crippen MR) is 76.3 cm³/mol. The van der Waals surface area contributed by atoms with Gasteiger partial charge in [0.2, 0.25) is 0 Å². The van der Waals surface area contributed by atoms with Gasteiger partial charge in [0.1, 0.15) is 0 Å². The Balaban J connectivity index is 0.00000144. The first-order valence-electron chi connectivity index (χ1n) is 7.30. The Labute approximate surface area is 139 Å². The molecule has 2 rings (SSSR count). The maximum atomic E-state index is 4.99. The van der Waals surface area contributed by atoms with Crippen molar-refractivity contribution < 1.29 is 17.0 Å². The van der Waals surface area contributed by atoms with E-state index in [9.17, 15) is 0 Å². The van der Waals surface area contributed by atoms with Crippen LogP contribution in [-0.4, -0.2) is 29.1 Å². The molecule has 0 bridgehead atoms. The molecular weight excluding hydrogens is 298 g/mol. The number of hydrogen-bond acceptors (Lipinski definition) is 0. The molecule has 100 valence electrons. The normalized spacial score (nSPS) is 24.5. The quantitative estimate of drug-likeness (QED) is 0.700. The van der Waals surface area contributed by atoms with Crippen molar-refractivity contribution in [3.05, 3.63) is 17.1 Å². The van der Waals surface area contributed by atoms with Gasteiger partial charge in [-0.25, -0.2) is 0 Å². The molecule has 0 heterocycles. The van der Waals surface area contributed by atoms with Crippen LogP contribution in [0, 0.1) is 5.92 Å². The molecule has 0 aromatic carbocycles. The molecule has 1 nitrogen and oxygen atoms in total. The molecule has 1 fully saturated rings. The molecule has 0 saturated heterocycles. The van der Waals surface area contributed by atoms with Crippen molar-refractivity contribution in [2.45, 2.75) is 77.2 Å². The smallest absolute Gasteiger partial charge is 1.00 e. The van der Waals surface area contributed by atoms with E-state index in [2.05, 4.69) is 13.0 Å². The Morgan fingerprint density at radius 1 is 1.11 bits per heavy atom. The summed E-state index contributed by atoms with van der Waals surface area (Å²) in [4.78, 5) is 0. The first kappa shape index (κ1) is 18.8. The predicted octanol–water partition coefficient (Wildman–Crippen LogP) is 1.80. The first-order valence-corrected chi connectivity index (χ1v) is 7.30.